The molecule has 1 atom stereocenters. The highest BCUT2D eigenvalue weighted by atomic mass is 16.2. The third-order valence-electron chi connectivity index (χ3n) is 3.97. The van der Waals surface area contributed by atoms with E-state index in [0.717, 1.165) is 50.5 Å². The van der Waals surface area contributed by atoms with Crippen LogP contribution in [0.15, 0.2) is 18.2 Å². The first-order valence-corrected chi connectivity index (χ1v) is 8.02. The molecule has 0 aliphatic carbocycles. The van der Waals surface area contributed by atoms with Crippen molar-refractivity contribution in [3.63, 3.8) is 0 Å². The number of carbonyl (C=O) groups excluding carboxylic acids is 2. The smallest absolute Gasteiger partial charge is 0.318 e. The molecule has 1 saturated heterocycles. The minimum atomic E-state index is -0.785. The van der Waals surface area contributed by atoms with E-state index in [9.17, 15) is 9.59 Å². The van der Waals surface area contributed by atoms with E-state index in [0.29, 0.717) is 12.3 Å². The molecule has 1 aliphatic rings. The molecule has 0 saturated carbocycles. The molecular formula is C16H25N5O2. The summed E-state index contributed by atoms with van der Waals surface area (Å²) >= 11 is 0. The molecule has 0 radical (unpaired) electrons. The molecule has 0 spiro atoms. The Bertz CT molecular complexity index is 549. The molecule has 3 amide bonds. The number of imide groups is 1. The van der Waals surface area contributed by atoms with Gasteiger partial charge in [-0.25, -0.2) is 9.78 Å². The Labute approximate surface area is 136 Å². The molecule has 0 bridgehead atoms. The maximum atomic E-state index is 11.3. The number of nitrogens with two attached hydrogens (primary N) is 1. The molecule has 7 nitrogen and oxygen atoms in total. The molecule has 1 aromatic heterocycles. The molecule has 23 heavy (non-hydrogen) atoms. The van der Waals surface area contributed by atoms with Gasteiger partial charge in [-0.15, -0.1) is 0 Å². The van der Waals surface area contributed by atoms with Crippen LogP contribution in [0.5, 0.6) is 0 Å². The summed E-state index contributed by atoms with van der Waals surface area (Å²) in [5, 5.41) is 5.48. The number of rotatable bonds is 7. The number of hydrogen-bond acceptors (Lipinski definition) is 5. The summed E-state index contributed by atoms with van der Waals surface area (Å²) < 4.78 is 0. The van der Waals surface area contributed by atoms with Gasteiger partial charge in [-0.3, -0.25) is 10.1 Å². The molecule has 2 heterocycles. The highest BCUT2D eigenvalue weighted by Crippen LogP contribution is 2.17. The first kappa shape index (κ1) is 17.2. The number of primary amides is 1. The summed E-state index contributed by atoms with van der Waals surface area (Å²) in [5.41, 5.74) is 5.91. The van der Waals surface area contributed by atoms with Crippen molar-refractivity contribution in [3.8, 4) is 0 Å². The second-order valence-electron chi connectivity index (χ2n) is 6.02. The quantitative estimate of drug-likeness (QED) is 0.699. The Morgan fingerprint density at radius 1 is 1.43 bits per heavy atom. The number of carbonyl (C=O) groups is 2. The van der Waals surface area contributed by atoms with Crippen molar-refractivity contribution >= 4 is 17.8 Å². The lowest BCUT2D eigenvalue weighted by molar-refractivity contribution is -0.120. The van der Waals surface area contributed by atoms with Crippen LogP contribution in [0.4, 0.5) is 10.6 Å². The lowest BCUT2D eigenvalue weighted by Gasteiger charge is -2.16. The number of amides is 3. The van der Waals surface area contributed by atoms with Crippen LogP contribution in [0.3, 0.4) is 0 Å². The van der Waals surface area contributed by atoms with E-state index >= 15 is 0 Å². The fourth-order valence-electron chi connectivity index (χ4n) is 2.84. The number of urea groups is 1. The maximum Gasteiger partial charge on any atom is 0.318 e. The van der Waals surface area contributed by atoms with E-state index in [2.05, 4.69) is 20.5 Å². The van der Waals surface area contributed by atoms with Crippen LogP contribution in [0.1, 0.15) is 25.0 Å². The molecule has 1 aliphatic heterocycles. The van der Waals surface area contributed by atoms with Gasteiger partial charge in [-0.05, 0) is 50.9 Å². The van der Waals surface area contributed by atoms with Gasteiger partial charge < -0.3 is 16.0 Å². The Hall–Kier alpha value is -2.15. The third kappa shape index (κ3) is 6.23. The number of aromatic nitrogens is 1. The van der Waals surface area contributed by atoms with Gasteiger partial charge in [0.05, 0.1) is 0 Å². The highest BCUT2D eigenvalue weighted by molar-refractivity contribution is 5.93. The average Bonchev–Trinajstić information content (AvgIpc) is 2.92. The van der Waals surface area contributed by atoms with Gasteiger partial charge in [0.2, 0.25) is 5.91 Å². The van der Waals surface area contributed by atoms with E-state index < -0.39 is 6.03 Å². The lowest BCUT2D eigenvalue weighted by Crippen LogP contribution is -2.35. The molecule has 2 rings (SSSR count). The molecule has 1 aromatic rings. The summed E-state index contributed by atoms with van der Waals surface area (Å²) in [5.74, 6) is 1.21. The van der Waals surface area contributed by atoms with E-state index in [1.165, 1.54) is 0 Å². The predicted octanol–water partition coefficient (Wildman–Crippen LogP) is 1.10. The topological polar surface area (TPSA) is 100 Å². The van der Waals surface area contributed by atoms with E-state index in [-0.39, 0.29) is 5.91 Å². The number of aryl methyl sites for hydroxylation is 1. The van der Waals surface area contributed by atoms with E-state index in [4.69, 9.17) is 5.73 Å². The first-order chi connectivity index (χ1) is 11.0. The molecule has 1 fully saturated rings. The number of nitrogens with zero attached hydrogens (tertiary/aromatic N) is 2. The van der Waals surface area contributed by atoms with Crippen LogP contribution < -0.4 is 16.4 Å². The number of likely N-dealkylation sites (tertiary alicyclic amines) is 1. The molecule has 4 N–H and O–H groups in total. The van der Waals surface area contributed by atoms with Crippen LogP contribution in [-0.2, 0) is 4.79 Å². The SMILES string of the molecule is Cc1cccc(NCC2CCN(CCCC(=O)NC(N)=O)C2)n1. The van der Waals surface area contributed by atoms with Crippen molar-refractivity contribution in [2.45, 2.75) is 26.2 Å². The number of nitrogens with one attached hydrogen (secondary N) is 2. The Kier molecular flexibility index (Phi) is 6.34. The number of anilines is 1. The second kappa shape index (κ2) is 8.47. The van der Waals surface area contributed by atoms with Crippen LogP contribution in [0, 0.1) is 12.8 Å². The zero-order chi connectivity index (χ0) is 16.7. The second-order valence-corrected chi connectivity index (χ2v) is 6.02. The zero-order valence-corrected chi connectivity index (χ0v) is 13.5. The van der Waals surface area contributed by atoms with E-state index in [1.807, 2.05) is 25.1 Å². The molecule has 1 unspecified atom stereocenters. The van der Waals surface area contributed by atoms with Crippen LogP contribution in [0.25, 0.3) is 0 Å². The highest BCUT2D eigenvalue weighted by Gasteiger charge is 2.22. The Morgan fingerprint density at radius 3 is 3.00 bits per heavy atom. The third-order valence-corrected chi connectivity index (χ3v) is 3.97. The summed E-state index contributed by atoms with van der Waals surface area (Å²) in [6.07, 6.45) is 2.21. The van der Waals surface area contributed by atoms with Crippen LogP contribution >= 0.6 is 0 Å². The van der Waals surface area contributed by atoms with Crippen molar-refractivity contribution in [3.05, 3.63) is 23.9 Å². The largest absolute Gasteiger partial charge is 0.370 e. The van der Waals surface area contributed by atoms with Gasteiger partial charge >= 0.3 is 6.03 Å². The van der Waals surface area contributed by atoms with Crippen molar-refractivity contribution in [1.29, 1.82) is 0 Å². The standard InChI is InChI=1S/C16H25N5O2/c1-12-4-2-5-14(19-12)18-10-13-7-9-21(11-13)8-3-6-15(22)20-16(17)23/h2,4-5,13H,3,6-11H2,1H3,(H,18,19)(H3,17,20,22,23). The molecule has 0 aromatic carbocycles. The van der Waals surface area contributed by atoms with Gasteiger partial charge in [0, 0.05) is 25.2 Å². The van der Waals surface area contributed by atoms with Gasteiger partial charge in [0.1, 0.15) is 5.82 Å². The van der Waals surface area contributed by atoms with Gasteiger partial charge in [0.25, 0.3) is 0 Å². The molecule has 7 heteroatoms. The molecule has 126 valence electrons. The fourth-order valence-corrected chi connectivity index (χ4v) is 2.84. The minimum Gasteiger partial charge on any atom is -0.370 e. The monoisotopic (exact) mass is 319 g/mol. The number of pyridine rings is 1. The summed E-state index contributed by atoms with van der Waals surface area (Å²) in [7, 11) is 0. The minimum absolute atomic E-state index is 0.305. The maximum absolute atomic E-state index is 11.3. The van der Waals surface area contributed by atoms with Crippen LogP contribution in [0.2, 0.25) is 0 Å². The Morgan fingerprint density at radius 2 is 2.26 bits per heavy atom. The van der Waals surface area contributed by atoms with Crippen molar-refractivity contribution in [2.75, 3.05) is 31.5 Å². The van der Waals surface area contributed by atoms with Crippen molar-refractivity contribution in [1.82, 2.24) is 15.2 Å². The fraction of sp³-hybridized carbons (Fsp3) is 0.562. The van der Waals surface area contributed by atoms with Crippen molar-refractivity contribution < 1.29 is 9.59 Å². The average molecular weight is 319 g/mol. The summed E-state index contributed by atoms with van der Waals surface area (Å²) in [4.78, 5) is 28.7. The Balaban J connectivity index is 1.62. The summed E-state index contributed by atoms with van der Waals surface area (Å²) in [6, 6.07) is 5.18. The predicted molar refractivity (Wildman–Crippen MR) is 89.0 cm³/mol. The lowest BCUT2D eigenvalue weighted by atomic mass is 10.1. The zero-order valence-electron chi connectivity index (χ0n) is 13.5. The normalized spacial score (nSPS) is 17.9. The molecular weight excluding hydrogens is 294 g/mol. The van der Waals surface area contributed by atoms with Gasteiger partial charge in [-0.1, -0.05) is 6.07 Å². The number of hydrogen-bond donors (Lipinski definition) is 3. The van der Waals surface area contributed by atoms with Gasteiger partial charge in [-0.2, -0.15) is 0 Å². The summed E-state index contributed by atoms with van der Waals surface area (Å²) in [6.45, 7) is 5.83. The van der Waals surface area contributed by atoms with E-state index in [1.54, 1.807) is 0 Å². The van der Waals surface area contributed by atoms with Gasteiger partial charge in [0.15, 0.2) is 0 Å². The van der Waals surface area contributed by atoms with Crippen molar-refractivity contribution in [2.24, 2.45) is 11.7 Å². The van der Waals surface area contributed by atoms with Crippen LogP contribution in [-0.4, -0.2) is 48.0 Å². The first-order valence-electron chi connectivity index (χ1n) is 8.02.